The Labute approximate surface area is 211 Å². The van der Waals surface area contributed by atoms with Gasteiger partial charge in [0, 0.05) is 17.1 Å². The van der Waals surface area contributed by atoms with Crippen molar-refractivity contribution in [3.63, 3.8) is 0 Å². The average molecular weight is 488 g/mol. The molecule has 6 heteroatoms. The van der Waals surface area contributed by atoms with Gasteiger partial charge in [0.2, 0.25) is 0 Å². The number of benzene rings is 3. The highest BCUT2D eigenvalue weighted by molar-refractivity contribution is 6.30. The molecule has 1 heterocycles. The highest BCUT2D eigenvalue weighted by atomic mass is 35.5. The molecule has 0 spiro atoms. The number of nitrogens with zero attached hydrogens (tertiary/aromatic N) is 3. The Hall–Kier alpha value is -3.44. The number of fused-ring (bicyclic) bond motifs is 1. The lowest BCUT2D eigenvalue weighted by Gasteiger charge is -2.29. The molecule has 0 saturated heterocycles. The monoisotopic (exact) mass is 487 g/mol. The SMILES string of the molecule is CCCCc1ccc(C(=O)N(CC)C(C)c2nc3ccccc3c(=O)n2-c2ccc(Cl)cc2)cc1. The molecular weight excluding hydrogens is 458 g/mol. The van der Waals surface area contributed by atoms with Crippen LogP contribution in [0.5, 0.6) is 0 Å². The van der Waals surface area contributed by atoms with Gasteiger partial charge in [-0.1, -0.05) is 49.2 Å². The van der Waals surface area contributed by atoms with Gasteiger partial charge in [0.15, 0.2) is 0 Å². The molecule has 0 aliphatic heterocycles. The van der Waals surface area contributed by atoms with Crippen LogP contribution in [0, 0.1) is 0 Å². The van der Waals surface area contributed by atoms with Crippen molar-refractivity contribution in [2.24, 2.45) is 0 Å². The Morgan fingerprint density at radius 2 is 1.69 bits per heavy atom. The number of unbranched alkanes of at least 4 members (excludes halogenated alkanes) is 1. The number of amides is 1. The molecule has 1 amide bonds. The average Bonchev–Trinajstić information content (AvgIpc) is 2.88. The number of hydrogen-bond acceptors (Lipinski definition) is 3. The molecule has 4 rings (SSSR count). The van der Waals surface area contributed by atoms with Crippen molar-refractivity contribution in [2.75, 3.05) is 6.54 Å². The summed E-state index contributed by atoms with van der Waals surface area (Å²) in [6.45, 7) is 6.50. The van der Waals surface area contributed by atoms with E-state index in [1.165, 1.54) is 5.56 Å². The molecular formula is C29H30ClN3O2. The predicted octanol–water partition coefficient (Wildman–Crippen LogP) is 6.61. The summed E-state index contributed by atoms with van der Waals surface area (Å²) >= 11 is 6.10. The van der Waals surface area contributed by atoms with E-state index in [1.54, 1.807) is 39.8 Å². The summed E-state index contributed by atoms with van der Waals surface area (Å²) in [5.41, 5.74) is 2.94. The number of halogens is 1. The van der Waals surface area contributed by atoms with Crippen LogP contribution in [-0.2, 0) is 6.42 Å². The van der Waals surface area contributed by atoms with E-state index < -0.39 is 6.04 Å². The molecule has 0 fully saturated rings. The van der Waals surface area contributed by atoms with Crippen molar-refractivity contribution in [2.45, 2.75) is 46.1 Å². The number of carbonyl (C=O) groups is 1. The highest BCUT2D eigenvalue weighted by Gasteiger charge is 2.26. The molecule has 1 atom stereocenters. The highest BCUT2D eigenvalue weighted by Crippen LogP contribution is 2.25. The van der Waals surface area contributed by atoms with E-state index in [9.17, 15) is 9.59 Å². The van der Waals surface area contributed by atoms with Crippen LogP contribution >= 0.6 is 11.6 Å². The van der Waals surface area contributed by atoms with E-state index in [2.05, 4.69) is 6.92 Å². The van der Waals surface area contributed by atoms with Crippen LogP contribution in [0.25, 0.3) is 16.6 Å². The molecule has 0 N–H and O–H groups in total. The van der Waals surface area contributed by atoms with E-state index in [0.717, 1.165) is 19.3 Å². The van der Waals surface area contributed by atoms with Crippen LogP contribution < -0.4 is 5.56 Å². The van der Waals surface area contributed by atoms with E-state index in [0.29, 0.717) is 39.5 Å². The minimum absolute atomic E-state index is 0.0906. The number of rotatable bonds is 8. The van der Waals surface area contributed by atoms with Gasteiger partial charge in [0.05, 0.1) is 22.6 Å². The summed E-state index contributed by atoms with van der Waals surface area (Å²) in [6.07, 6.45) is 3.27. The molecule has 3 aromatic carbocycles. The van der Waals surface area contributed by atoms with Crippen LogP contribution in [0.4, 0.5) is 0 Å². The van der Waals surface area contributed by atoms with Gasteiger partial charge in [-0.25, -0.2) is 4.98 Å². The smallest absolute Gasteiger partial charge is 0.266 e. The van der Waals surface area contributed by atoms with Crippen molar-refractivity contribution >= 4 is 28.4 Å². The predicted molar refractivity (Wildman–Crippen MR) is 143 cm³/mol. The Morgan fingerprint density at radius 3 is 2.34 bits per heavy atom. The summed E-state index contributed by atoms with van der Waals surface area (Å²) < 4.78 is 1.59. The molecule has 35 heavy (non-hydrogen) atoms. The van der Waals surface area contributed by atoms with E-state index in [1.807, 2.05) is 56.3 Å². The molecule has 0 radical (unpaired) electrons. The van der Waals surface area contributed by atoms with Gasteiger partial charge in [-0.2, -0.15) is 0 Å². The third-order valence-electron chi connectivity index (χ3n) is 6.35. The van der Waals surface area contributed by atoms with Crippen molar-refractivity contribution in [1.29, 1.82) is 0 Å². The maximum Gasteiger partial charge on any atom is 0.266 e. The fraction of sp³-hybridized carbons (Fsp3) is 0.276. The van der Waals surface area contributed by atoms with E-state index >= 15 is 0 Å². The molecule has 0 aliphatic carbocycles. The number of para-hydroxylation sites is 1. The fourth-order valence-electron chi connectivity index (χ4n) is 4.36. The number of hydrogen-bond donors (Lipinski definition) is 0. The molecule has 5 nitrogen and oxygen atoms in total. The van der Waals surface area contributed by atoms with Crippen molar-refractivity contribution in [3.05, 3.63) is 105 Å². The van der Waals surface area contributed by atoms with E-state index in [4.69, 9.17) is 16.6 Å². The molecule has 0 aliphatic rings. The lowest BCUT2D eigenvalue weighted by Crippen LogP contribution is -2.37. The van der Waals surface area contributed by atoms with E-state index in [-0.39, 0.29) is 11.5 Å². The van der Waals surface area contributed by atoms with Gasteiger partial charge in [-0.15, -0.1) is 0 Å². The second kappa shape index (κ2) is 10.9. The Balaban J connectivity index is 1.78. The minimum atomic E-state index is -0.444. The van der Waals surface area contributed by atoms with Crippen LogP contribution in [0.3, 0.4) is 0 Å². The quantitative estimate of drug-likeness (QED) is 0.281. The summed E-state index contributed by atoms with van der Waals surface area (Å²) in [6, 6.07) is 21.8. The number of aryl methyl sites for hydroxylation is 1. The standard InChI is InChI=1S/C29H30ClN3O2/c1-4-6-9-21-12-14-22(15-13-21)28(34)32(5-2)20(3)27-31-26-11-8-7-10-25(26)29(35)33(27)24-18-16-23(30)17-19-24/h7-8,10-20H,4-6,9H2,1-3H3. The number of aromatic nitrogens is 2. The van der Waals surface area contributed by atoms with Crippen molar-refractivity contribution < 1.29 is 4.79 Å². The first-order valence-corrected chi connectivity index (χ1v) is 12.5. The van der Waals surface area contributed by atoms with Crippen LogP contribution in [0.15, 0.2) is 77.6 Å². The first-order valence-electron chi connectivity index (χ1n) is 12.1. The lowest BCUT2D eigenvalue weighted by molar-refractivity contribution is 0.0693. The number of carbonyl (C=O) groups excluding carboxylic acids is 1. The van der Waals surface area contributed by atoms with Crippen molar-refractivity contribution in [3.8, 4) is 5.69 Å². The van der Waals surface area contributed by atoms with Crippen LogP contribution in [0.2, 0.25) is 5.02 Å². The van der Waals surface area contributed by atoms with Gasteiger partial charge in [-0.05, 0) is 80.8 Å². The molecule has 1 unspecified atom stereocenters. The van der Waals surface area contributed by atoms with Crippen molar-refractivity contribution in [1.82, 2.24) is 14.5 Å². The van der Waals surface area contributed by atoms with Gasteiger partial charge in [0.1, 0.15) is 5.82 Å². The first-order chi connectivity index (χ1) is 16.9. The van der Waals surface area contributed by atoms with Crippen LogP contribution in [-0.4, -0.2) is 26.9 Å². The summed E-state index contributed by atoms with van der Waals surface area (Å²) in [4.78, 5) is 33.8. The zero-order valence-electron chi connectivity index (χ0n) is 20.4. The maximum absolute atomic E-state index is 13.6. The molecule has 4 aromatic rings. The summed E-state index contributed by atoms with van der Waals surface area (Å²) in [7, 11) is 0. The van der Waals surface area contributed by atoms with Gasteiger partial charge in [-0.3, -0.25) is 14.2 Å². The molecule has 180 valence electrons. The largest absolute Gasteiger partial charge is 0.329 e. The van der Waals surface area contributed by atoms with Gasteiger partial charge in [0.25, 0.3) is 11.5 Å². The second-order valence-electron chi connectivity index (χ2n) is 8.67. The zero-order valence-corrected chi connectivity index (χ0v) is 21.1. The minimum Gasteiger partial charge on any atom is -0.329 e. The second-order valence-corrected chi connectivity index (χ2v) is 9.11. The molecule has 0 saturated carbocycles. The van der Waals surface area contributed by atoms with Crippen LogP contribution in [0.1, 0.15) is 61.4 Å². The fourth-order valence-corrected chi connectivity index (χ4v) is 4.49. The summed E-state index contributed by atoms with van der Waals surface area (Å²) in [5.74, 6) is 0.415. The third-order valence-corrected chi connectivity index (χ3v) is 6.60. The zero-order chi connectivity index (χ0) is 24.9. The normalized spacial score (nSPS) is 12.0. The molecule has 0 bridgehead atoms. The third kappa shape index (κ3) is 5.15. The first kappa shape index (κ1) is 24.7. The maximum atomic E-state index is 13.6. The Morgan fingerprint density at radius 1 is 1.00 bits per heavy atom. The van der Waals surface area contributed by atoms with Gasteiger partial charge >= 0.3 is 0 Å². The Kier molecular flexibility index (Phi) is 7.67. The topological polar surface area (TPSA) is 55.2 Å². The molecule has 1 aromatic heterocycles. The Bertz CT molecular complexity index is 1380. The van der Waals surface area contributed by atoms with Gasteiger partial charge < -0.3 is 4.90 Å². The summed E-state index contributed by atoms with van der Waals surface area (Å²) in [5, 5.41) is 1.10. The lowest BCUT2D eigenvalue weighted by atomic mass is 10.1.